The van der Waals surface area contributed by atoms with Crippen LogP contribution in [0.25, 0.3) is 10.6 Å². The summed E-state index contributed by atoms with van der Waals surface area (Å²) in [4.78, 5) is 0. The van der Waals surface area contributed by atoms with Crippen LogP contribution in [0.3, 0.4) is 0 Å². The van der Waals surface area contributed by atoms with Crippen molar-refractivity contribution in [3.8, 4) is 0 Å². The molecule has 0 heterocycles. The van der Waals surface area contributed by atoms with E-state index in [2.05, 4.69) is 34.9 Å². The summed E-state index contributed by atoms with van der Waals surface area (Å²) in [5.74, 6) is 0. The van der Waals surface area contributed by atoms with E-state index in [1.807, 2.05) is 24.3 Å². The van der Waals surface area contributed by atoms with Gasteiger partial charge in [0.1, 0.15) is 0 Å². The van der Waals surface area contributed by atoms with Crippen LogP contribution in [0.5, 0.6) is 0 Å². The van der Waals surface area contributed by atoms with Gasteiger partial charge in [-0.05, 0) is 0 Å². The molecule has 3 heteroatoms. The van der Waals surface area contributed by atoms with Gasteiger partial charge in [0.05, 0.1) is 0 Å². The van der Waals surface area contributed by atoms with Crippen molar-refractivity contribution in [3.63, 3.8) is 0 Å². The molecule has 2 nitrogen and oxygen atoms in total. The molecule has 0 N–H and O–H groups in total. The molecule has 0 aromatic heterocycles. The van der Waals surface area contributed by atoms with E-state index in [0.717, 1.165) is 12.8 Å². The first-order valence-corrected chi connectivity index (χ1v) is 5.22. The second-order valence-corrected chi connectivity index (χ2v) is 2.90. The Balaban J connectivity index is -0.000000157. The Kier molecular flexibility index (Phi) is 32.1. The molecular weight excluding hydrogens is 375 g/mol. The SMILES string of the molecule is C[N-]C.C[N-]C.[C-]1=CC=CC1.[C-]1=CC=CC1.[Hf+4]. The molecule has 0 radical (unpaired) electrons. The van der Waals surface area contributed by atoms with Gasteiger partial charge in [-0.2, -0.15) is 40.3 Å². The molecule has 92 valence electrons. The van der Waals surface area contributed by atoms with Crippen molar-refractivity contribution < 1.29 is 25.8 Å². The summed E-state index contributed by atoms with van der Waals surface area (Å²) < 4.78 is 0. The van der Waals surface area contributed by atoms with Crippen LogP contribution >= 0.6 is 0 Å². The van der Waals surface area contributed by atoms with E-state index in [0.29, 0.717) is 0 Å². The first-order chi connectivity index (χ1) is 7.83. The summed E-state index contributed by atoms with van der Waals surface area (Å²) >= 11 is 0. The molecule has 2 rings (SSSR count). The van der Waals surface area contributed by atoms with Gasteiger partial charge in [-0.3, -0.25) is 12.2 Å². The summed E-state index contributed by atoms with van der Waals surface area (Å²) in [6.45, 7) is 0. The van der Waals surface area contributed by atoms with Crippen molar-refractivity contribution in [1.82, 2.24) is 0 Å². The molecule has 2 aliphatic carbocycles. The van der Waals surface area contributed by atoms with Crippen molar-refractivity contribution in [2.24, 2.45) is 0 Å². The maximum absolute atomic E-state index is 3.50. The summed E-state index contributed by atoms with van der Waals surface area (Å²) in [5, 5.41) is 7.00. The Morgan fingerprint density at radius 3 is 1.12 bits per heavy atom. The molecular formula is C14H22HfN2. The molecule has 0 fully saturated rings. The number of rotatable bonds is 0. The topological polar surface area (TPSA) is 28.2 Å². The van der Waals surface area contributed by atoms with Crippen LogP contribution in [-0.2, 0) is 25.8 Å². The second-order valence-electron chi connectivity index (χ2n) is 2.90. The van der Waals surface area contributed by atoms with Gasteiger partial charge in [-0.15, -0.1) is 12.8 Å². The summed E-state index contributed by atoms with van der Waals surface area (Å²) in [6.07, 6.45) is 20.0. The van der Waals surface area contributed by atoms with Crippen LogP contribution in [0.1, 0.15) is 12.8 Å². The Labute approximate surface area is 126 Å². The van der Waals surface area contributed by atoms with E-state index in [9.17, 15) is 0 Å². The van der Waals surface area contributed by atoms with Gasteiger partial charge in [0, 0.05) is 0 Å². The number of hydrogen-bond acceptors (Lipinski definition) is 0. The molecule has 0 bridgehead atoms. The second kappa shape index (κ2) is 24.8. The van der Waals surface area contributed by atoms with Crippen LogP contribution in [0, 0.1) is 12.2 Å². The number of nitrogens with zero attached hydrogens (tertiary/aromatic N) is 2. The first-order valence-electron chi connectivity index (χ1n) is 5.22. The molecule has 0 saturated carbocycles. The summed E-state index contributed by atoms with van der Waals surface area (Å²) in [6, 6.07) is 0. The van der Waals surface area contributed by atoms with Crippen molar-refractivity contribution in [1.29, 1.82) is 0 Å². The van der Waals surface area contributed by atoms with E-state index in [4.69, 9.17) is 0 Å². The van der Waals surface area contributed by atoms with E-state index in [1.54, 1.807) is 28.2 Å². The van der Waals surface area contributed by atoms with Gasteiger partial charge in [-0.1, -0.05) is 0 Å². The Morgan fingerprint density at radius 1 is 0.765 bits per heavy atom. The molecule has 2 aliphatic rings. The minimum Gasteiger partial charge on any atom is -0.668 e. The van der Waals surface area contributed by atoms with Crippen LogP contribution < -0.4 is 0 Å². The molecule has 0 atom stereocenters. The molecule has 0 aliphatic heterocycles. The van der Waals surface area contributed by atoms with Gasteiger partial charge in [0.2, 0.25) is 0 Å². The molecule has 0 aromatic rings. The van der Waals surface area contributed by atoms with Crippen LogP contribution in [-0.4, -0.2) is 28.2 Å². The zero-order valence-corrected chi connectivity index (χ0v) is 14.9. The van der Waals surface area contributed by atoms with Crippen LogP contribution in [0.15, 0.2) is 36.5 Å². The van der Waals surface area contributed by atoms with E-state index >= 15 is 0 Å². The fourth-order valence-corrected chi connectivity index (χ4v) is 0.680. The Bertz CT molecular complexity index is 174. The third kappa shape index (κ3) is 31.3. The monoisotopic (exact) mass is 398 g/mol. The van der Waals surface area contributed by atoms with Gasteiger partial charge in [-0.25, -0.2) is 24.3 Å². The molecule has 0 unspecified atom stereocenters. The fourth-order valence-electron chi connectivity index (χ4n) is 0.680. The van der Waals surface area contributed by atoms with Gasteiger partial charge in [0.15, 0.2) is 0 Å². The van der Waals surface area contributed by atoms with Crippen LogP contribution in [0.4, 0.5) is 0 Å². The van der Waals surface area contributed by atoms with Crippen LogP contribution in [0.2, 0.25) is 0 Å². The fraction of sp³-hybridized carbons (Fsp3) is 0.429. The van der Waals surface area contributed by atoms with E-state index < -0.39 is 0 Å². The maximum Gasteiger partial charge on any atom is 4.00 e. The minimum atomic E-state index is 0. The predicted octanol–water partition coefficient (Wildman–Crippen LogP) is 3.85. The molecule has 17 heavy (non-hydrogen) atoms. The molecule has 0 amide bonds. The van der Waals surface area contributed by atoms with E-state index in [-0.39, 0.29) is 25.8 Å². The van der Waals surface area contributed by atoms with E-state index in [1.165, 1.54) is 0 Å². The Morgan fingerprint density at radius 2 is 1.06 bits per heavy atom. The molecule has 0 spiro atoms. The smallest absolute Gasteiger partial charge is 0.668 e. The van der Waals surface area contributed by atoms with Crippen molar-refractivity contribution in [3.05, 3.63) is 59.2 Å². The third-order valence-corrected chi connectivity index (χ3v) is 1.17. The number of allylic oxidation sites excluding steroid dienone is 8. The third-order valence-electron chi connectivity index (χ3n) is 1.17. The van der Waals surface area contributed by atoms with Gasteiger partial charge >= 0.3 is 25.8 Å². The zero-order chi connectivity index (χ0) is 12.5. The summed E-state index contributed by atoms with van der Waals surface area (Å²) in [7, 11) is 7.00. The standard InChI is InChI=1S/2C5H5.2C2H6N.Hf/c2*1-2-4-5-3-1;2*1-3-2;/h2*1-3H,4H2;2*1-2H3;/q4*-1;+4. The normalized spacial score (nSPS) is 12.5. The van der Waals surface area contributed by atoms with Gasteiger partial charge in [0.25, 0.3) is 0 Å². The molecule has 0 aromatic carbocycles. The van der Waals surface area contributed by atoms with Crippen molar-refractivity contribution in [2.45, 2.75) is 12.8 Å². The average molecular weight is 397 g/mol. The van der Waals surface area contributed by atoms with Crippen molar-refractivity contribution >= 4 is 0 Å². The predicted molar refractivity (Wildman–Crippen MR) is 73.6 cm³/mol. The van der Waals surface area contributed by atoms with Crippen molar-refractivity contribution in [2.75, 3.05) is 28.2 Å². The molecule has 0 saturated heterocycles. The quantitative estimate of drug-likeness (QED) is 0.439. The number of hydrogen-bond donors (Lipinski definition) is 0. The first kappa shape index (κ1) is 22.0. The summed E-state index contributed by atoms with van der Waals surface area (Å²) in [5.41, 5.74) is 0. The largest absolute Gasteiger partial charge is 4.00 e. The maximum atomic E-state index is 3.50. The Hall–Kier alpha value is -0.250. The zero-order valence-electron chi connectivity index (χ0n) is 11.3. The average Bonchev–Trinajstić information content (AvgIpc) is 3.00. The minimum absolute atomic E-state index is 0. The van der Waals surface area contributed by atoms with Gasteiger partial charge < -0.3 is 10.6 Å².